The highest BCUT2D eigenvalue weighted by molar-refractivity contribution is 5.67. The van der Waals surface area contributed by atoms with Gasteiger partial charge in [0, 0.05) is 18.6 Å². The fraction of sp³-hybridized carbons (Fsp3) is 0.611. The Morgan fingerprint density at radius 3 is 2.61 bits per heavy atom. The Morgan fingerprint density at radius 2 is 1.96 bits per heavy atom. The number of nitrogens with one attached hydrogen (secondary N) is 2. The van der Waals surface area contributed by atoms with Crippen LogP contribution in [0, 0.1) is 5.92 Å². The van der Waals surface area contributed by atoms with Crippen LogP contribution in [-0.2, 0) is 11.3 Å². The minimum atomic E-state index is -0.364. The van der Waals surface area contributed by atoms with E-state index in [0.717, 1.165) is 24.8 Å². The van der Waals surface area contributed by atoms with Crippen molar-refractivity contribution in [3.63, 3.8) is 0 Å². The average Bonchev–Trinajstić information content (AvgIpc) is 2.47. The molecule has 5 nitrogen and oxygen atoms in total. The molecule has 0 saturated heterocycles. The molecule has 0 heterocycles. The zero-order chi connectivity index (χ0) is 16.7. The number of hydrogen-bond donors (Lipinski definition) is 3. The topological polar surface area (TPSA) is 70.6 Å². The van der Waals surface area contributed by atoms with E-state index in [9.17, 15) is 9.90 Å². The van der Waals surface area contributed by atoms with E-state index in [4.69, 9.17) is 4.74 Å². The summed E-state index contributed by atoms with van der Waals surface area (Å²) in [4.78, 5) is 11.7. The molecule has 0 aromatic heterocycles. The van der Waals surface area contributed by atoms with Gasteiger partial charge in [-0.1, -0.05) is 44.2 Å². The maximum Gasteiger partial charge on any atom is 0.407 e. The molecule has 3 N–H and O–H groups in total. The first-order valence-electron chi connectivity index (χ1n) is 8.41. The number of aliphatic hydroxyl groups excluding tert-OH is 1. The van der Waals surface area contributed by atoms with E-state index in [1.54, 1.807) is 0 Å². The van der Waals surface area contributed by atoms with Crippen LogP contribution in [0.25, 0.3) is 0 Å². The van der Waals surface area contributed by atoms with Crippen LogP contribution in [-0.4, -0.2) is 35.9 Å². The maximum atomic E-state index is 11.7. The van der Waals surface area contributed by atoms with E-state index in [2.05, 4.69) is 24.5 Å². The molecule has 0 radical (unpaired) electrons. The minimum Gasteiger partial charge on any atom is -0.445 e. The number of rotatable bonds is 8. The smallest absolute Gasteiger partial charge is 0.407 e. The fourth-order valence-corrected chi connectivity index (χ4v) is 2.76. The third-order valence-corrected chi connectivity index (χ3v) is 4.06. The second-order valence-electron chi connectivity index (χ2n) is 6.76. The quantitative estimate of drug-likeness (QED) is 0.688. The Labute approximate surface area is 138 Å². The van der Waals surface area contributed by atoms with Crippen LogP contribution in [0.2, 0.25) is 0 Å². The first-order valence-corrected chi connectivity index (χ1v) is 8.41. The Hall–Kier alpha value is -1.59. The van der Waals surface area contributed by atoms with Crippen molar-refractivity contribution in [3.05, 3.63) is 35.9 Å². The number of aliphatic hydroxyl groups is 1. The second-order valence-corrected chi connectivity index (χ2v) is 6.76. The summed E-state index contributed by atoms with van der Waals surface area (Å²) in [5.74, 6) is 0.502. The predicted octanol–water partition coefficient (Wildman–Crippen LogP) is 2.44. The number of ether oxygens (including phenoxy) is 1. The predicted molar refractivity (Wildman–Crippen MR) is 90.0 cm³/mol. The molecular weight excluding hydrogens is 292 g/mol. The van der Waals surface area contributed by atoms with Crippen molar-refractivity contribution >= 4 is 6.09 Å². The molecule has 1 aliphatic rings. The lowest BCUT2D eigenvalue weighted by Gasteiger charge is -2.36. The molecule has 1 aliphatic carbocycles. The van der Waals surface area contributed by atoms with Gasteiger partial charge in [0.15, 0.2) is 0 Å². The second kappa shape index (κ2) is 8.89. The molecule has 128 valence electrons. The average molecular weight is 320 g/mol. The molecule has 1 saturated carbocycles. The zero-order valence-electron chi connectivity index (χ0n) is 14.0. The highest BCUT2D eigenvalue weighted by atomic mass is 16.5. The van der Waals surface area contributed by atoms with Crippen LogP contribution in [0.4, 0.5) is 4.79 Å². The SMILES string of the molecule is CC(C)CC(O)CNC1CC(NC(=O)OCc2ccccc2)C1. The van der Waals surface area contributed by atoms with Crippen molar-refractivity contribution in [3.8, 4) is 0 Å². The van der Waals surface area contributed by atoms with Crippen molar-refractivity contribution in [2.24, 2.45) is 5.92 Å². The lowest BCUT2D eigenvalue weighted by molar-refractivity contribution is 0.115. The largest absolute Gasteiger partial charge is 0.445 e. The highest BCUT2D eigenvalue weighted by Gasteiger charge is 2.30. The van der Waals surface area contributed by atoms with Crippen LogP contribution in [0.5, 0.6) is 0 Å². The summed E-state index contributed by atoms with van der Waals surface area (Å²) >= 11 is 0. The summed E-state index contributed by atoms with van der Waals surface area (Å²) in [6.45, 7) is 5.12. The van der Waals surface area contributed by atoms with Gasteiger partial charge in [0.25, 0.3) is 0 Å². The van der Waals surface area contributed by atoms with Gasteiger partial charge in [-0.2, -0.15) is 0 Å². The molecule has 0 bridgehead atoms. The Kier molecular flexibility index (Phi) is 6.86. The molecule has 5 heteroatoms. The first-order chi connectivity index (χ1) is 11.0. The summed E-state index contributed by atoms with van der Waals surface area (Å²) in [5, 5.41) is 16.0. The lowest BCUT2D eigenvalue weighted by Crippen LogP contribution is -2.53. The molecule has 2 rings (SSSR count). The van der Waals surface area contributed by atoms with Gasteiger partial charge in [0.1, 0.15) is 6.61 Å². The minimum absolute atomic E-state index is 0.165. The molecule has 23 heavy (non-hydrogen) atoms. The molecule has 1 atom stereocenters. The van der Waals surface area contributed by atoms with E-state index >= 15 is 0 Å². The van der Waals surface area contributed by atoms with E-state index in [0.29, 0.717) is 25.1 Å². The van der Waals surface area contributed by atoms with Crippen molar-refractivity contribution in [2.45, 2.75) is 57.9 Å². The Bertz CT molecular complexity index is 472. The van der Waals surface area contributed by atoms with Gasteiger partial charge < -0.3 is 20.5 Å². The molecule has 1 amide bonds. The van der Waals surface area contributed by atoms with E-state index in [1.165, 1.54) is 0 Å². The molecular formula is C18H28N2O3. The van der Waals surface area contributed by atoms with E-state index < -0.39 is 0 Å². The van der Waals surface area contributed by atoms with Gasteiger partial charge in [0.05, 0.1) is 6.10 Å². The fourth-order valence-electron chi connectivity index (χ4n) is 2.76. The summed E-state index contributed by atoms with van der Waals surface area (Å²) in [6.07, 6.45) is 1.92. The number of amides is 1. The summed E-state index contributed by atoms with van der Waals surface area (Å²) in [6, 6.07) is 10.2. The Balaban J connectivity index is 1.54. The monoisotopic (exact) mass is 320 g/mol. The number of carbonyl (C=O) groups is 1. The number of benzene rings is 1. The third kappa shape index (κ3) is 6.59. The van der Waals surface area contributed by atoms with Gasteiger partial charge in [-0.3, -0.25) is 0 Å². The van der Waals surface area contributed by atoms with E-state index in [-0.39, 0.29) is 18.2 Å². The van der Waals surface area contributed by atoms with Crippen molar-refractivity contribution in [2.75, 3.05) is 6.54 Å². The highest BCUT2D eigenvalue weighted by Crippen LogP contribution is 2.20. The molecule has 1 fully saturated rings. The molecule has 0 aliphatic heterocycles. The number of alkyl carbamates (subject to hydrolysis) is 1. The van der Waals surface area contributed by atoms with Crippen LogP contribution in [0.1, 0.15) is 38.7 Å². The van der Waals surface area contributed by atoms with E-state index in [1.807, 2.05) is 30.3 Å². The zero-order valence-corrected chi connectivity index (χ0v) is 14.0. The van der Waals surface area contributed by atoms with Crippen molar-refractivity contribution in [1.82, 2.24) is 10.6 Å². The Morgan fingerprint density at radius 1 is 1.26 bits per heavy atom. The van der Waals surface area contributed by atoms with Crippen molar-refractivity contribution in [1.29, 1.82) is 0 Å². The summed E-state index contributed by atoms with van der Waals surface area (Å²) in [5.41, 5.74) is 0.981. The third-order valence-electron chi connectivity index (χ3n) is 4.06. The van der Waals surface area contributed by atoms with Crippen LogP contribution in [0.15, 0.2) is 30.3 Å². The number of hydrogen-bond acceptors (Lipinski definition) is 4. The van der Waals surface area contributed by atoms with Crippen molar-refractivity contribution < 1.29 is 14.6 Å². The normalized spacial score (nSPS) is 21.6. The standard InChI is InChI=1S/C18H28N2O3/c1-13(2)8-17(21)11-19-15-9-16(10-15)20-18(22)23-12-14-6-4-3-5-7-14/h3-7,13,15-17,19,21H,8-12H2,1-2H3,(H,20,22). The number of carbonyl (C=O) groups excluding carboxylic acids is 1. The van der Waals surface area contributed by atoms with Crippen LogP contribution < -0.4 is 10.6 Å². The van der Waals surface area contributed by atoms with Crippen LogP contribution >= 0.6 is 0 Å². The van der Waals surface area contributed by atoms with Gasteiger partial charge >= 0.3 is 6.09 Å². The molecule has 1 aromatic rings. The summed E-state index contributed by atoms with van der Waals surface area (Å²) in [7, 11) is 0. The van der Waals surface area contributed by atoms with Gasteiger partial charge in [-0.25, -0.2) is 4.79 Å². The molecule has 0 spiro atoms. The van der Waals surface area contributed by atoms with Gasteiger partial charge in [-0.15, -0.1) is 0 Å². The van der Waals surface area contributed by atoms with Gasteiger partial charge in [0.2, 0.25) is 0 Å². The van der Waals surface area contributed by atoms with Crippen LogP contribution in [0.3, 0.4) is 0 Å². The molecule has 1 aromatic carbocycles. The summed E-state index contributed by atoms with van der Waals surface area (Å²) < 4.78 is 5.20. The first kappa shape index (κ1) is 17.8. The molecule has 1 unspecified atom stereocenters. The van der Waals surface area contributed by atoms with Gasteiger partial charge in [-0.05, 0) is 30.7 Å². The lowest BCUT2D eigenvalue weighted by atomic mass is 9.86. The maximum absolute atomic E-state index is 11.7.